The van der Waals surface area contributed by atoms with Crippen molar-refractivity contribution < 1.29 is 69.4 Å². The van der Waals surface area contributed by atoms with Crippen LogP contribution in [0.15, 0.2) is 255 Å². The molecule has 486 valence electrons. The van der Waals surface area contributed by atoms with Gasteiger partial charge in [0.15, 0.2) is 24.0 Å². The summed E-state index contributed by atoms with van der Waals surface area (Å²) in [5.41, 5.74) is 13.1. The Hall–Kier alpha value is -7.95. The number of phosphoric ester groups is 2. The molecule has 2 fully saturated rings. The second-order valence-electron chi connectivity index (χ2n) is 22.4. The number of nitrogen functional groups attached to an aromatic ring is 1. The first-order chi connectivity index (χ1) is 46.2. The number of nitrogens with two attached hydrogens (primary N) is 1. The molecule has 8 aromatic carbocycles. The third kappa shape index (κ3) is 18.1. The molecule has 0 radical (unpaired) electrons. The lowest BCUT2D eigenvalue weighted by molar-refractivity contribution is -0.333. The van der Waals surface area contributed by atoms with Gasteiger partial charge in [-0.25, -0.2) is 24.1 Å². The summed E-state index contributed by atoms with van der Waals surface area (Å²) >= 11 is 0. The normalized spacial score (nSPS) is 20.7. The van der Waals surface area contributed by atoms with Crippen molar-refractivity contribution in [1.29, 1.82) is 0 Å². The SMILES string of the molecule is Nc1ncnc2c1ncn2[C@@H]1O[C@H](COCc2ccccc2)[C@@H](O[C@H]2O[C@H](COCc3ccccc3)[C@@H](OP(=O)(OCc3ccccc3)OCc3ccccc3)[C@H](OCc3ccccc3)[C@H]2OCc2ccccc2)[C@H]1OP(=O)(OCc1ccccc1)OCc1ccccc1. The van der Waals surface area contributed by atoms with E-state index in [1.807, 2.05) is 243 Å². The van der Waals surface area contributed by atoms with Crippen molar-refractivity contribution in [2.24, 2.45) is 0 Å². The molecule has 2 aromatic heterocycles. The predicted octanol–water partition coefficient (Wildman–Crippen LogP) is 13.9. The van der Waals surface area contributed by atoms with Crippen LogP contribution in [0.25, 0.3) is 11.2 Å². The van der Waals surface area contributed by atoms with Crippen LogP contribution in [0, 0.1) is 0 Å². The van der Waals surface area contributed by atoms with Crippen molar-refractivity contribution in [2.45, 2.75) is 108 Å². The number of aromatic nitrogens is 4. The highest BCUT2D eigenvalue weighted by atomic mass is 31.2. The van der Waals surface area contributed by atoms with Gasteiger partial charge in [0.1, 0.15) is 54.6 Å². The first kappa shape index (κ1) is 66.1. The zero-order valence-corrected chi connectivity index (χ0v) is 53.2. The van der Waals surface area contributed by atoms with E-state index in [1.165, 1.54) is 12.7 Å². The van der Waals surface area contributed by atoms with Crippen LogP contribution >= 0.6 is 15.6 Å². The maximum absolute atomic E-state index is 16.0. The molecular formula is C72H73N5O15P2. The fourth-order valence-electron chi connectivity index (χ4n) is 10.8. The summed E-state index contributed by atoms with van der Waals surface area (Å²) < 4.78 is 122. The minimum Gasteiger partial charge on any atom is -0.382 e. The Morgan fingerprint density at radius 3 is 1.14 bits per heavy atom. The average Bonchev–Trinajstić information content (AvgIpc) is 1.52. The first-order valence-electron chi connectivity index (χ1n) is 30.9. The molecule has 0 spiro atoms. The summed E-state index contributed by atoms with van der Waals surface area (Å²) in [5, 5.41) is 0. The Kier molecular flexibility index (Phi) is 23.2. The summed E-state index contributed by atoms with van der Waals surface area (Å²) in [7, 11) is -9.45. The Balaban J connectivity index is 0.986. The minimum absolute atomic E-state index is 0.00337. The summed E-state index contributed by atoms with van der Waals surface area (Å²) in [6.45, 7) is -0.709. The largest absolute Gasteiger partial charge is 0.475 e. The fraction of sp³-hybridized carbons (Fsp3) is 0.264. The molecule has 20 nitrogen and oxygen atoms in total. The quantitative estimate of drug-likeness (QED) is 0.0377. The molecule has 2 N–H and O–H groups in total. The fourth-order valence-corrected chi connectivity index (χ4v) is 13.5. The van der Waals surface area contributed by atoms with Crippen LogP contribution in [-0.2, 0) is 122 Å². The van der Waals surface area contributed by atoms with Crippen molar-refractivity contribution in [1.82, 2.24) is 19.5 Å². The standard InChI is InChI=1S/C72H73N5O15P2/c73-69-63-70(75-51-74-69)77(52-76-63)71-67(92-94(79,86-47-59-37-21-7-22-38-59)87-48-60-39-23-8-24-40-60)64(61(88-71)49-80-41-53-25-9-1-10-26-53)90-72-68(83-44-56-31-15-4-16-32-56)66(82-43-55-29-13-3-14-30-55)65(62(89-72)50-81-42-54-27-11-2-12-28-54)91-93(78,84-45-57-33-17-5-18-34-57)85-46-58-35-19-6-20-36-58/h1-40,51-52,61-62,64-68,71-72H,41-50H2,(H2,73,74,75)/t61-,62-,64-,65-,66+,67-,68-,71-,72-/m1/s1. The average molecular weight is 1310 g/mol. The molecule has 10 aromatic rings. The Morgan fingerprint density at radius 2 is 0.734 bits per heavy atom. The molecule has 0 amide bonds. The number of imidazole rings is 1. The molecule has 94 heavy (non-hydrogen) atoms. The molecule has 0 saturated carbocycles. The number of rotatable bonds is 33. The van der Waals surface area contributed by atoms with E-state index in [0.717, 1.165) is 22.3 Å². The molecule has 12 rings (SSSR count). The predicted molar refractivity (Wildman–Crippen MR) is 349 cm³/mol. The van der Waals surface area contributed by atoms with Crippen molar-refractivity contribution in [3.05, 3.63) is 300 Å². The molecule has 0 unspecified atom stereocenters. The minimum atomic E-state index is -4.76. The van der Waals surface area contributed by atoms with Crippen LogP contribution in [0.1, 0.15) is 50.7 Å². The summed E-state index contributed by atoms with van der Waals surface area (Å²) in [5.74, 6) is 0.103. The van der Waals surface area contributed by atoms with E-state index in [4.69, 9.17) is 66.0 Å². The van der Waals surface area contributed by atoms with E-state index in [-0.39, 0.29) is 83.1 Å². The van der Waals surface area contributed by atoms with Crippen LogP contribution in [-0.4, -0.2) is 81.8 Å². The molecule has 2 aliphatic rings. The molecule has 0 bridgehead atoms. The van der Waals surface area contributed by atoms with Crippen LogP contribution in [0.3, 0.4) is 0 Å². The third-order valence-electron chi connectivity index (χ3n) is 15.6. The molecule has 22 heteroatoms. The van der Waals surface area contributed by atoms with E-state index in [2.05, 4.69) is 15.0 Å². The first-order valence-corrected chi connectivity index (χ1v) is 33.9. The lowest BCUT2D eigenvalue weighted by Gasteiger charge is -2.47. The van der Waals surface area contributed by atoms with Gasteiger partial charge in [0, 0.05) is 0 Å². The van der Waals surface area contributed by atoms with Gasteiger partial charge in [0.2, 0.25) is 0 Å². The second kappa shape index (κ2) is 32.9. The lowest BCUT2D eigenvalue weighted by atomic mass is 9.98. The molecule has 2 saturated heterocycles. The van der Waals surface area contributed by atoms with Gasteiger partial charge in [-0.15, -0.1) is 0 Å². The second-order valence-corrected chi connectivity index (χ2v) is 25.6. The topological polar surface area (TPSA) is 224 Å². The number of nitrogens with zero attached hydrogens (tertiary/aromatic N) is 4. The monoisotopic (exact) mass is 1310 g/mol. The van der Waals surface area contributed by atoms with Gasteiger partial charge in [-0.2, -0.15) is 0 Å². The number of hydrogen-bond acceptors (Lipinski definition) is 19. The van der Waals surface area contributed by atoms with Gasteiger partial charge in [-0.3, -0.25) is 31.7 Å². The molecule has 4 heterocycles. The summed E-state index contributed by atoms with van der Waals surface area (Å²) in [6, 6.07) is 75.5. The highest BCUT2D eigenvalue weighted by Crippen LogP contribution is 2.57. The van der Waals surface area contributed by atoms with Gasteiger partial charge >= 0.3 is 15.6 Å². The maximum Gasteiger partial charge on any atom is 0.475 e. The van der Waals surface area contributed by atoms with Crippen molar-refractivity contribution in [3.63, 3.8) is 0 Å². The van der Waals surface area contributed by atoms with Crippen LogP contribution in [0.4, 0.5) is 5.82 Å². The van der Waals surface area contributed by atoms with E-state index in [0.29, 0.717) is 22.3 Å². The smallest absolute Gasteiger partial charge is 0.382 e. The van der Waals surface area contributed by atoms with Gasteiger partial charge in [0.25, 0.3) is 0 Å². The third-order valence-corrected chi connectivity index (χ3v) is 18.4. The molecular weight excluding hydrogens is 1240 g/mol. The number of fused-ring (bicyclic) bond motifs is 1. The number of ether oxygens (including phenoxy) is 7. The van der Waals surface area contributed by atoms with Gasteiger partial charge < -0.3 is 38.9 Å². The van der Waals surface area contributed by atoms with Crippen molar-refractivity contribution >= 4 is 32.6 Å². The number of phosphoric acid groups is 2. The van der Waals surface area contributed by atoms with E-state index < -0.39 is 70.9 Å². The highest BCUT2D eigenvalue weighted by Gasteiger charge is 2.57. The number of anilines is 1. The number of hydrogen-bond donors (Lipinski definition) is 1. The molecule has 2 aliphatic heterocycles. The van der Waals surface area contributed by atoms with Gasteiger partial charge in [-0.05, 0) is 44.5 Å². The molecule has 9 atom stereocenters. The Bertz CT molecular complexity index is 3880. The Morgan fingerprint density at radius 1 is 0.383 bits per heavy atom. The van der Waals surface area contributed by atoms with Crippen LogP contribution < -0.4 is 5.73 Å². The van der Waals surface area contributed by atoms with E-state index >= 15 is 9.13 Å². The van der Waals surface area contributed by atoms with Crippen LogP contribution in [0.2, 0.25) is 0 Å². The zero-order valence-electron chi connectivity index (χ0n) is 51.4. The highest BCUT2D eigenvalue weighted by molar-refractivity contribution is 7.48. The van der Waals surface area contributed by atoms with Crippen molar-refractivity contribution in [3.8, 4) is 0 Å². The van der Waals surface area contributed by atoms with E-state index in [9.17, 15) is 0 Å². The van der Waals surface area contributed by atoms with E-state index in [1.54, 1.807) is 4.57 Å². The Labute approximate surface area is 545 Å². The lowest BCUT2D eigenvalue weighted by Crippen LogP contribution is -2.62. The maximum atomic E-state index is 16.0. The van der Waals surface area contributed by atoms with Gasteiger partial charge in [-0.1, -0.05) is 243 Å². The summed E-state index contributed by atoms with van der Waals surface area (Å²) in [6.07, 6.45) is -8.99. The summed E-state index contributed by atoms with van der Waals surface area (Å²) in [4.78, 5) is 13.5. The van der Waals surface area contributed by atoms with Crippen molar-refractivity contribution in [2.75, 3.05) is 18.9 Å². The molecule has 0 aliphatic carbocycles. The number of benzene rings is 8. The van der Waals surface area contributed by atoms with Gasteiger partial charge in [0.05, 0.1) is 72.4 Å². The zero-order chi connectivity index (χ0) is 64.2. The van der Waals surface area contributed by atoms with Crippen LogP contribution in [0.5, 0.6) is 0 Å².